The number of hydrogen-bond acceptors (Lipinski definition) is 4. The number of methoxy groups -OCH3 is 1. The quantitative estimate of drug-likeness (QED) is 0.739. The van der Waals surface area contributed by atoms with E-state index in [9.17, 15) is 0 Å². The van der Waals surface area contributed by atoms with Crippen LogP contribution in [0.15, 0.2) is 36.9 Å². The SMILES string of the molecule is C=CCOc1ccc(CNCC2(OC)CCOC2)cc1. The highest BCUT2D eigenvalue weighted by Gasteiger charge is 2.34. The summed E-state index contributed by atoms with van der Waals surface area (Å²) in [5, 5.41) is 3.44. The van der Waals surface area contributed by atoms with E-state index >= 15 is 0 Å². The van der Waals surface area contributed by atoms with Crippen molar-refractivity contribution in [1.82, 2.24) is 5.32 Å². The van der Waals surface area contributed by atoms with Gasteiger partial charge in [0.25, 0.3) is 0 Å². The molecule has 1 atom stereocenters. The molecule has 2 rings (SSSR count). The Morgan fingerprint density at radius 2 is 2.20 bits per heavy atom. The molecule has 0 saturated carbocycles. The lowest BCUT2D eigenvalue weighted by molar-refractivity contribution is -0.0159. The second-order valence-corrected chi connectivity index (χ2v) is 5.04. The Kier molecular flexibility index (Phi) is 5.59. The van der Waals surface area contributed by atoms with E-state index in [0.717, 1.165) is 31.9 Å². The van der Waals surface area contributed by atoms with Crippen molar-refractivity contribution in [2.24, 2.45) is 0 Å². The molecule has 1 N–H and O–H groups in total. The summed E-state index contributed by atoms with van der Waals surface area (Å²) < 4.78 is 16.5. The predicted octanol–water partition coefficient (Wildman–Crippen LogP) is 2.15. The van der Waals surface area contributed by atoms with E-state index in [1.807, 2.05) is 12.1 Å². The number of rotatable bonds is 8. The third kappa shape index (κ3) is 4.07. The van der Waals surface area contributed by atoms with Crippen LogP contribution < -0.4 is 10.1 Å². The van der Waals surface area contributed by atoms with E-state index in [1.165, 1.54) is 5.56 Å². The largest absolute Gasteiger partial charge is 0.490 e. The molecule has 0 aromatic heterocycles. The lowest BCUT2D eigenvalue weighted by Crippen LogP contribution is -2.42. The Labute approximate surface area is 120 Å². The summed E-state index contributed by atoms with van der Waals surface area (Å²) in [5.74, 6) is 0.867. The zero-order valence-electron chi connectivity index (χ0n) is 12.1. The van der Waals surface area contributed by atoms with Gasteiger partial charge in [0.2, 0.25) is 0 Å². The van der Waals surface area contributed by atoms with Gasteiger partial charge >= 0.3 is 0 Å². The minimum Gasteiger partial charge on any atom is -0.490 e. The van der Waals surface area contributed by atoms with Crippen molar-refractivity contribution >= 4 is 0 Å². The Morgan fingerprint density at radius 3 is 2.80 bits per heavy atom. The molecule has 1 aromatic carbocycles. The average molecular weight is 277 g/mol. The van der Waals surface area contributed by atoms with Gasteiger partial charge in [-0.3, -0.25) is 0 Å². The minimum atomic E-state index is -0.160. The first kappa shape index (κ1) is 15.0. The predicted molar refractivity (Wildman–Crippen MR) is 79.0 cm³/mol. The molecule has 1 saturated heterocycles. The van der Waals surface area contributed by atoms with Crippen LogP contribution in [0.1, 0.15) is 12.0 Å². The third-order valence-electron chi connectivity index (χ3n) is 3.57. The Bertz CT molecular complexity index is 410. The first-order valence-electron chi connectivity index (χ1n) is 6.94. The van der Waals surface area contributed by atoms with Gasteiger partial charge in [-0.2, -0.15) is 0 Å². The van der Waals surface area contributed by atoms with Gasteiger partial charge in [-0.15, -0.1) is 0 Å². The van der Waals surface area contributed by atoms with E-state index in [-0.39, 0.29) is 5.60 Å². The molecule has 20 heavy (non-hydrogen) atoms. The molecular formula is C16H23NO3. The number of hydrogen-bond donors (Lipinski definition) is 1. The van der Waals surface area contributed by atoms with Crippen molar-refractivity contribution in [3.63, 3.8) is 0 Å². The molecule has 0 aliphatic carbocycles. The van der Waals surface area contributed by atoms with E-state index in [2.05, 4.69) is 24.0 Å². The van der Waals surface area contributed by atoms with Gasteiger partial charge in [-0.1, -0.05) is 24.8 Å². The monoisotopic (exact) mass is 277 g/mol. The van der Waals surface area contributed by atoms with Gasteiger partial charge in [0.1, 0.15) is 18.0 Å². The van der Waals surface area contributed by atoms with Gasteiger partial charge in [0, 0.05) is 33.2 Å². The summed E-state index contributed by atoms with van der Waals surface area (Å²) >= 11 is 0. The molecule has 0 spiro atoms. The molecule has 1 aromatic rings. The zero-order chi connectivity index (χ0) is 14.3. The van der Waals surface area contributed by atoms with Crippen LogP contribution in [-0.4, -0.2) is 39.1 Å². The molecule has 4 nitrogen and oxygen atoms in total. The average Bonchev–Trinajstić information content (AvgIpc) is 2.96. The molecule has 0 bridgehead atoms. The summed E-state index contributed by atoms with van der Waals surface area (Å²) in [6.45, 7) is 7.23. The molecule has 0 radical (unpaired) electrons. The zero-order valence-corrected chi connectivity index (χ0v) is 12.1. The van der Waals surface area contributed by atoms with Gasteiger partial charge in [0.15, 0.2) is 0 Å². The summed E-state index contributed by atoms with van der Waals surface area (Å²) in [5.41, 5.74) is 1.06. The maximum absolute atomic E-state index is 5.58. The first-order chi connectivity index (χ1) is 9.78. The number of benzene rings is 1. The fourth-order valence-electron chi connectivity index (χ4n) is 2.25. The minimum absolute atomic E-state index is 0.160. The Balaban J connectivity index is 1.77. The standard InChI is InChI=1S/C16H23NO3/c1-3-9-20-15-6-4-14(5-7-15)11-17-12-16(18-2)8-10-19-13-16/h3-7,17H,1,8-13H2,2H3. The fraction of sp³-hybridized carbons (Fsp3) is 0.500. The highest BCUT2D eigenvalue weighted by molar-refractivity contribution is 5.27. The molecule has 1 aliphatic heterocycles. The Morgan fingerprint density at radius 1 is 1.40 bits per heavy atom. The lowest BCUT2D eigenvalue weighted by Gasteiger charge is -2.26. The Hall–Kier alpha value is -1.36. The number of nitrogens with one attached hydrogen (secondary N) is 1. The van der Waals surface area contributed by atoms with Crippen LogP contribution >= 0.6 is 0 Å². The van der Waals surface area contributed by atoms with Crippen molar-refractivity contribution in [2.45, 2.75) is 18.6 Å². The third-order valence-corrected chi connectivity index (χ3v) is 3.57. The normalized spacial score (nSPS) is 21.9. The molecule has 1 unspecified atom stereocenters. The lowest BCUT2D eigenvalue weighted by atomic mass is 10.0. The van der Waals surface area contributed by atoms with E-state index in [1.54, 1.807) is 13.2 Å². The maximum atomic E-state index is 5.58. The molecule has 110 valence electrons. The van der Waals surface area contributed by atoms with E-state index in [4.69, 9.17) is 14.2 Å². The highest BCUT2D eigenvalue weighted by Crippen LogP contribution is 2.21. The van der Waals surface area contributed by atoms with Crippen molar-refractivity contribution in [2.75, 3.05) is 33.5 Å². The van der Waals surface area contributed by atoms with Crippen LogP contribution in [0.2, 0.25) is 0 Å². The fourth-order valence-corrected chi connectivity index (χ4v) is 2.25. The summed E-state index contributed by atoms with van der Waals surface area (Å²) in [6.07, 6.45) is 2.69. The van der Waals surface area contributed by atoms with Crippen LogP contribution in [0.3, 0.4) is 0 Å². The van der Waals surface area contributed by atoms with Crippen molar-refractivity contribution in [1.29, 1.82) is 0 Å². The second-order valence-electron chi connectivity index (χ2n) is 5.04. The molecule has 1 fully saturated rings. The van der Waals surface area contributed by atoms with Crippen LogP contribution in [0.4, 0.5) is 0 Å². The van der Waals surface area contributed by atoms with Crippen molar-refractivity contribution < 1.29 is 14.2 Å². The van der Waals surface area contributed by atoms with Crippen molar-refractivity contribution in [3.05, 3.63) is 42.5 Å². The molecule has 0 amide bonds. The molecule has 1 heterocycles. The van der Waals surface area contributed by atoms with Crippen LogP contribution in [0.25, 0.3) is 0 Å². The van der Waals surface area contributed by atoms with Crippen LogP contribution in [0, 0.1) is 0 Å². The van der Waals surface area contributed by atoms with Gasteiger partial charge in [-0.25, -0.2) is 0 Å². The van der Waals surface area contributed by atoms with Crippen molar-refractivity contribution in [3.8, 4) is 5.75 Å². The van der Waals surface area contributed by atoms with Gasteiger partial charge in [0.05, 0.1) is 6.61 Å². The maximum Gasteiger partial charge on any atom is 0.119 e. The van der Waals surface area contributed by atoms with Crippen LogP contribution in [0.5, 0.6) is 5.75 Å². The van der Waals surface area contributed by atoms with Gasteiger partial charge in [-0.05, 0) is 17.7 Å². The highest BCUT2D eigenvalue weighted by atomic mass is 16.5. The number of ether oxygens (including phenoxy) is 3. The smallest absolute Gasteiger partial charge is 0.119 e. The summed E-state index contributed by atoms with van der Waals surface area (Å²) in [7, 11) is 1.75. The summed E-state index contributed by atoms with van der Waals surface area (Å²) in [4.78, 5) is 0. The second kappa shape index (κ2) is 7.43. The molecule has 1 aliphatic rings. The topological polar surface area (TPSA) is 39.7 Å². The van der Waals surface area contributed by atoms with E-state index < -0.39 is 0 Å². The van der Waals surface area contributed by atoms with Crippen LogP contribution in [-0.2, 0) is 16.0 Å². The first-order valence-corrected chi connectivity index (χ1v) is 6.94. The molecular weight excluding hydrogens is 254 g/mol. The summed E-state index contributed by atoms with van der Waals surface area (Å²) in [6, 6.07) is 8.09. The van der Waals surface area contributed by atoms with Gasteiger partial charge < -0.3 is 19.5 Å². The van der Waals surface area contributed by atoms with E-state index in [0.29, 0.717) is 13.2 Å². The molecule has 4 heteroatoms.